The largest absolute Gasteiger partial charge is 0.439 e. The highest BCUT2D eigenvalue weighted by Gasteiger charge is 2.13. The van der Waals surface area contributed by atoms with E-state index in [1.54, 1.807) is 66.2 Å². The minimum absolute atomic E-state index is 0.179. The van der Waals surface area contributed by atoms with Crippen LogP contribution in [0.5, 0.6) is 11.6 Å². The van der Waals surface area contributed by atoms with Crippen molar-refractivity contribution in [3.8, 4) is 17.4 Å². The van der Waals surface area contributed by atoms with Gasteiger partial charge >= 0.3 is 0 Å². The summed E-state index contributed by atoms with van der Waals surface area (Å²) in [5, 5.41) is 4.94. The van der Waals surface area contributed by atoms with Crippen LogP contribution >= 0.6 is 11.6 Å². The number of ether oxygens (including phenoxy) is 1. The van der Waals surface area contributed by atoms with E-state index in [-0.39, 0.29) is 5.75 Å². The normalized spacial score (nSPS) is 11.4. The van der Waals surface area contributed by atoms with Crippen LogP contribution in [0.2, 0.25) is 5.02 Å². The molecule has 4 aromatic rings. The minimum Gasteiger partial charge on any atom is -0.439 e. The molecule has 0 saturated heterocycles. The summed E-state index contributed by atoms with van der Waals surface area (Å²) in [6.07, 6.45) is 0. The Labute approximate surface area is 197 Å². The van der Waals surface area contributed by atoms with Crippen LogP contribution in [0.25, 0.3) is 5.82 Å². The third-order valence-corrected chi connectivity index (χ3v) is 6.12. The fourth-order valence-electron chi connectivity index (χ4n) is 3.32. The maximum atomic E-state index is 12.5. The standard InChI is InChI=1S/C23H22ClN5O3S/c1-15-11-16(2)29(27-15)22-13-23(26-17(3)25-22)32-21-9-7-20(8-10-21)28-33(30,31)14-18-5-4-6-19(24)12-18/h4-13,28H,14H2,1-3H3. The first kappa shape index (κ1) is 22.8. The van der Waals surface area contributed by atoms with Crippen molar-refractivity contribution in [3.63, 3.8) is 0 Å². The molecule has 1 N–H and O–H groups in total. The molecule has 0 aliphatic carbocycles. The van der Waals surface area contributed by atoms with Crippen molar-refractivity contribution >= 4 is 27.3 Å². The van der Waals surface area contributed by atoms with Gasteiger partial charge in [0.25, 0.3) is 0 Å². The van der Waals surface area contributed by atoms with Gasteiger partial charge in [-0.3, -0.25) is 4.72 Å². The second kappa shape index (κ2) is 9.21. The molecule has 0 bridgehead atoms. The fourth-order valence-corrected chi connectivity index (χ4v) is 4.72. The second-order valence-corrected chi connectivity index (χ2v) is 9.73. The smallest absolute Gasteiger partial charge is 0.236 e. The summed E-state index contributed by atoms with van der Waals surface area (Å²) >= 11 is 5.94. The first-order chi connectivity index (χ1) is 15.7. The van der Waals surface area contributed by atoms with E-state index >= 15 is 0 Å². The zero-order valence-corrected chi connectivity index (χ0v) is 19.9. The van der Waals surface area contributed by atoms with Crippen molar-refractivity contribution < 1.29 is 13.2 Å². The van der Waals surface area contributed by atoms with Crippen molar-refractivity contribution in [3.05, 3.63) is 88.5 Å². The summed E-state index contributed by atoms with van der Waals surface area (Å²) in [7, 11) is -3.60. The number of aromatic nitrogens is 4. The van der Waals surface area contributed by atoms with Gasteiger partial charge in [0.2, 0.25) is 15.9 Å². The summed E-state index contributed by atoms with van der Waals surface area (Å²) in [5.74, 6) is 1.83. The fraction of sp³-hybridized carbons (Fsp3) is 0.174. The average molecular weight is 484 g/mol. The van der Waals surface area contributed by atoms with E-state index in [0.717, 1.165) is 11.4 Å². The van der Waals surface area contributed by atoms with E-state index in [9.17, 15) is 8.42 Å². The lowest BCUT2D eigenvalue weighted by Gasteiger charge is -2.11. The highest BCUT2D eigenvalue weighted by molar-refractivity contribution is 7.91. The summed E-state index contributed by atoms with van der Waals surface area (Å²) in [5.41, 5.74) is 2.87. The van der Waals surface area contributed by atoms with Crippen LogP contribution in [0.1, 0.15) is 22.8 Å². The molecule has 10 heteroatoms. The molecule has 0 atom stereocenters. The van der Waals surface area contributed by atoms with Gasteiger partial charge in [-0.1, -0.05) is 23.7 Å². The molecule has 0 aliphatic heterocycles. The molecule has 0 aliphatic rings. The molecule has 33 heavy (non-hydrogen) atoms. The van der Waals surface area contributed by atoms with Gasteiger partial charge in [-0.2, -0.15) is 10.1 Å². The first-order valence-corrected chi connectivity index (χ1v) is 12.1. The second-order valence-electron chi connectivity index (χ2n) is 7.57. The van der Waals surface area contributed by atoms with E-state index in [0.29, 0.717) is 39.5 Å². The lowest BCUT2D eigenvalue weighted by atomic mass is 10.2. The molecule has 0 radical (unpaired) electrons. The summed E-state index contributed by atoms with van der Waals surface area (Å²) < 4.78 is 35.1. The molecular formula is C23H22ClN5O3S. The molecule has 2 heterocycles. The maximum Gasteiger partial charge on any atom is 0.236 e. The highest BCUT2D eigenvalue weighted by Crippen LogP contribution is 2.24. The van der Waals surface area contributed by atoms with E-state index in [2.05, 4.69) is 19.8 Å². The Bertz CT molecular complexity index is 1400. The highest BCUT2D eigenvalue weighted by atomic mass is 35.5. The Morgan fingerprint density at radius 1 is 1.00 bits per heavy atom. The number of sulfonamides is 1. The van der Waals surface area contributed by atoms with Crippen LogP contribution in [-0.4, -0.2) is 28.2 Å². The maximum absolute atomic E-state index is 12.5. The van der Waals surface area contributed by atoms with E-state index in [1.165, 1.54) is 0 Å². The number of hydrogen-bond donors (Lipinski definition) is 1. The number of benzene rings is 2. The van der Waals surface area contributed by atoms with Gasteiger partial charge < -0.3 is 4.74 Å². The topological polar surface area (TPSA) is 99.0 Å². The van der Waals surface area contributed by atoms with Gasteiger partial charge in [0.1, 0.15) is 11.6 Å². The monoisotopic (exact) mass is 483 g/mol. The number of anilines is 1. The van der Waals surface area contributed by atoms with Gasteiger partial charge in [0.05, 0.1) is 11.4 Å². The van der Waals surface area contributed by atoms with Crippen molar-refractivity contribution in [2.24, 2.45) is 0 Å². The molecule has 0 amide bonds. The number of nitrogens with one attached hydrogen (secondary N) is 1. The van der Waals surface area contributed by atoms with Gasteiger partial charge in [0, 0.05) is 22.5 Å². The summed E-state index contributed by atoms with van der Waals surface area (Å²) in [4.78, 5) is 8.77. The van der Waals surface area contributed by atoms with Crippen LogP contribution < -0.4 is 9.46 Å². The molecule has 2 aromatic carbocycles. The number of halogens is 1. The van der Waals surface area contributed by atoms with Gasteiger partial charge in [-0.25, -0.2) is 18.1 Å². The van der Waals surface area contributed by atoms with Gasteiger partial charge in [0.15, 0.2) is 5.82 Å². The van der Waals surface area contributed by atoms with Crippen molar-refractivity contribution in [1.29, 1.82) is 0 Å². The van der Waals surface area contributed by atoms with Crippen LogP contribution in [-0.2, 0) is 15.8 Å². The molecule has 0 unspecified atom stereocenters. The Morgan fingerprint density at radius 2 is 1.76 bits per heavy atom. The number of nitrogens with zero attached hydrogens (tertiary/aromatic N) is 4. The molecular weight excluding hydrogens is 462 g/mol. The molecule has 0 saturated carbocycles. The Balaban J connectivity index is 1.47. The van der Waals surface area contributed by atoms with Crippen molar-refractivity contribution in [1.82, 2.24) is 19.7 Å². The predicted molar refractivity (Wildman–Crippen MR) is 128 cm³/mol. The third-order valence-electron chi connectivity index (χ3n) is 4.62. The van der Waals surface area contributed by atoms with Gasteiger partial charge in [-0.05, 0) is 68.8 Å². The third kappa shape index (κ3) is 5.88. The van der Waals surface area contributed by atoms with E-state index in [1.807, 2.05) is 19.9 Å². The Morgan fingerprint density at radius 3 is 2.42 bits per heavy atom. The Hall–Kier alpha value is -3.43. The van der Waals surface area contributed by atoms with Crippen LogP contribution in [0.15, 0.2) is 60.7 Å². The number of aryl methyl sites for hydroxylation is 3. The Kier molecular flexibility index (Phi) is 6.35. The summed E-state index contributed by atoms with van der Waals surface area (Å²) in [6.45, 7) is 5.64. The van der Waals surface area contributed by atoms with Crippen LogP contribution in [0.3, 0.4) is 0 Å². The zero-order chi connectivity index (χ0) is 23.6. The predicted octanol–water partition coefficient (Wildman–Crippen LogP) is 4.98. The number of hydrogen-bond acceptors (Lipinski definition) is 6. The summed E-state index contributed by atoms with van der Waals surface area (Å²) in [6, 6.07) is 17.0. The molecule has 0 fully saturated rings. The lowest BCUT2D eigenvalue weighted by Crippen LogP contribution is -2.15. The lowest BCUT2D eigenvalue weighted by molar-refractivity contribution is 0.459. The molecule has 2 aromatic heterocycles. The zero-order valence-electron chi connectivity index (χ0n) is 18.3. The average Bonchev–Trinajstić information content (AvgIpc) is 3.06. The molecule has 4 rings (SSSR count). The van der Waals surface area contributed by atoms with Gasteiger partial charge in [-0.15, -0.1) is 0 Å². The van der Waals surface area contributed by atoms with E-state index in [4.69, 9.17) is 16.3 Å². The number of rotatable bonds is 7. The van der Waals surface area contributed by atoms with E-state index < -0.39 is 10.0 Å². The molecule has 0 spiro atoms. The van der Waals surface area contributed by atoms with Crippen LogP contribution in [0.4, 0.5) is 5.69 Å². The van der Waals surface area contributed by atoms with Crippen LogP contribution in [0, 0.1) is 20.8 Å². The quantitative estimate of drug-likeness (QED) is 0.398. The molecule has 8 nitrogen and oxygen atoms in total. The van der Waals surface area contributed by atoms with Crippen molar-refractivity contribution in [2.75, 3.05) is 4.72 Å². The minimum atomic E-state index is -3.60. The van der Waals surface area contributed by atoms with Crippen molar-refractivity contribution in [2.45, 2.75) is 26.5 Å². The first-order valence-electron chi connectivity index (χ1n) is 10.1. The molecule has 170 valence electrons. The SMILES string of the molecule is Cc1cc(C)n(-c2cc(Oc3ccc(NS(=O)(=O)Cc4cccc(Cl)c4)cc3)nc(C)n2)n1.